The van der Waals surface area contributed by atoms with Gasteiger partial charge < -0.3 is 15.5 Å². The van der Waals surface area contributed by atoms with Crippen LogP contribution in [0.3, 0.4) is 0 Å². The zero-order chi connectivity index (χ0) is 32.9. The standard InChI is InChI=1S/C41H81NO3/c1-3-5-6-7-8-9-10-11-12-13-14-15-16-17-18-19-20-21-22-23-24-25-26-27-28-29-30-31-32-33-34-35-36-37-40(44)39(38-43)42-41(45)4-2/h36-37,39-40,43-44H,3-35,38H2,1-2H3,(H,42,45)/b37-36+. The maximum absolute atomic E-state index is 11.5. The summed E-state index contributed by atoms with van der Waals surface area (Å²) in [7, 11) is 0. The largest absolute Gasteiger partial charge is 0.394 e. The van der Waals surface area contributed by atoms with Gasteiger partial charge in [0.15, 0.2) is 0 Å². The van der Waals surface area contributed by atoms with Crippen LogP contribution in [-0.4, -0.2) is 34.9 Å². The number of carbonyl (C=O) groups excluding carboxylic acids is 1. The second-order valence-corrected chi connectivity index (χ2v) is 14.0. The SMILES string of the molecule is CCCCCCCCCCCCCCCCCCCCCCCCCCCCCCCCC/C=C/C(O)C(CO)NC(=O)CC. The monoisotopic (exact) mass is 636 g/mol. The lowest BCUT2D eigenvalue weighted by atomic mass is 10.0. The van der Waals surface area contributed by atoms with Crippen molar-refractivity contribution in [2.24, 2.45) is 0 Å². The van der Waals surface area contributed by atoms with E-state index in [9.17, 15) is 15.0 Å². The first kappa shape index (κ1) is 44.1. The Morgan fingerprint density at radius 3 is 1.07 bits per heavy atom. The number of carbonyl (C=O) groups is 1. The molecule has 0 aromatic heterocycles. The molecule has 268 valence electrons. The van der Waals surface area contributed by atoms with Gasteiger partial charge in [-0.1, -0.05) is 219 Å². The predicted octanol–water partition coefficient (Wildman–Crippen LogP) is 12.3. The molecule has 0 saturated heterocycles. The highest BCUT2D eigenvalue weighted by molar-refractivity contribution is 5.75. The van der Waals surface area contributed by atoms with E-state index in [0.29, 0.717) is 6.42 Å². The van der Waals surface area contributed by atoms with Crippen LogP contribution in [0, 0.1) is 0 Å². The number of hydrogen-bond donors (Lipinski definition) is 3. The summed E-state index contributed by atoms with van der Waals surface area (Å²) in [6.07, 6.45) is 48.2. The van der Waals surface area contributed by atoms with Gasteiger partial charge in [0.25, 0.3) is 0 Å². The summed E-state index contributed by atoms with van der Waals surface area (Å²) in [6.45, 7) is 3.81. The number of aliphatic hydroxyl groups is 2. The number of nitrogens with one attached hydrogen (secondary N) is 1. The summed E-state index contributed by atoms with van der Waals surface area (Å²) in [6, 6.07) is -0.614. The van der Waals surface area contributed by atoms with Crippen LogP contribution in [0.1, 0.15) is 226 Å². The molecule has 0 bridgehead atoms. The van der Waals surface area contributed by atoms with Gasteiger partial charge in [0.05, 0.1) is 18.8 Å². The Hall–Kier alpha value is -0.870. The van der Waals surface area contributed by atoms with E-state index < -0.39 is 12.1 Å². The van der Waals surface area contributed by atoms with Gasteiger partial charge in [0.2, 0.25) is 5.91 Å². The highest BCUT2D eigenvalue weighted by atomic mass is 16.3. The lowest BCUT2D eigenvalue weighted by Crippen LogP contribution is -2.44. The zero-order valence-corrected chi connectivity index (χ0v) is 30.7. The van der Waals surface area contributed by atoms with Gasteiger partial charge in [0, 0.05) is 6.42 Å². The van der Waals surface area contributed by atoms with Crippen molar-refractivity contribution >= 4 is 5.91 Å². The number of aliphatic hydroxyl groups excluding tert-OH is 2. The Labute approximate surface area is 282 Å². The topological polar surface area (TPSA) is 69.6 Å². The summed E-state index contributed by atoms with van der Waals surface area (Å²) < 4.78 is 0. The van der Waals surface area contributed by atoms with Crippen LogP contribution in [0.15, 0.2) is 12.2 Å². The third-order valence-corrected chi connectivity index (χ3v) is 9.58. The third-order valence-electron chi connectivity index (χ3n) is 9.58. The Morgan fingerprint density at radius 1 is 0.511 bits per heavy atom. The molecule has 0 aliphatic heterocycles. The first-order valence-corrected chi connectivity index (χ1v) is 20.4. The molecule has 1 amide bonds. The van der Waals surface area contributed by atoms with Crippen LogP contribution < -0.4 is 5.32 Å². The number of unbranched alkanes of at least 4 members (excludes halogenated alkanes) is 31. The van der Waals surface area contributed by atoms with Crippen LogP contribution in [0.2, 0.25) is 0 Å². The summed E-state index contributed by atoms with van der Waals surface area (Å²) in [5.74, 6) is -0.150. The van der Waals surface area contributed by atoms with Crippen LogP contribution in [0.5, 0.6) is 0 Å². The first-order chi connectivity index (χ1) is 22.2. The van der Waals surface area contributed by atoms with Crippen LogP contribution in [0.4, 0.5) is 0 Å². The van der Waals surface area contributed by atoms with Gasteiger partial charge in [-0.15, -0.1) is 0 Å². The Balaban J connectivity index is 3.21. The third kappa shape index (κ3) is 34.3. The molecule has 0 aliphatic rings. The molecule has 0 aromatic rings. The van der Waals surface area contributed by atoms with E-state index in [2.05, 4.69) is 12.2 Å². The predicted molar refractivity (Wildman–Crippen MR) is 198 cm³/mol. The molecule has 0 aromatic carbocycles. The molecule has 0 radical (unpaired) electrons. The van der Waals surface area contributed by atoms with E-state index in [1.54, 1.807) is 13.0 Å². The smallest absolute Gasteiger partial charge is 0.220 e. The first-order valence-electron chi connectivity index (χ1n) is 20.4. The summed E-state index contributed by atoms with van der Waals surface area (Å²) in [5, 5.41) is 22.1. The minimum Gasteiger partial charge on any atom is -0.394 e. The summed E-state index contributed by atoms with van der Waals surface area (Å²) in [5.41, 5.74) is 0. The Bertz CT molecular complexity index is 608. The van der Waals surface area contributed by atoms with Gasteiger partial charge >= 0.3 is 0 Å². The fourth-order valence-electron chi connectivity index (χ4n) is 6.38. The second kappa shape index (κ2) is 37.6. The maximum Gasteiger partial charge on any atom is 0.220 e. The zero-order valence-electron chi connectivity index (χ0n) is 30.7. The number of hydrogen-bond acceptors (Lipinski definition) is 3. The Kier molecular flexibility index (Phi) is 36.9. The fourth-order valence-corrected chi connectivity index (χ4v) is 6.38. The molecule has 45 heavy (non-hydrogen) atoms. The lowest BCUT2D eigenvalue weighted by Gasteiger charge is -2.19. The van der Waals surface area contributed by atoms with Crippen molar-refractivity contribution in [2.75, 3.05) is 6.61 Å². The number of allylic oxidation sites excluding steroid dienone is 1. The average Bonchev–Trinajstić information content (AvgIpc) is 3.05. The molecular weight excluding hydrogens is 554 g/mol. The minimum absolute atomic E-state index is 0.150. The van der Waals surface area contributed by atoms with Crippen molar-refractivity contribution in [3.63, 3.8) is 0 Å². The number of rotatable bonds is 37. The molecule has 0 aliphatic carbocycles. The molecule has 2 atom stereocenters. The normalized spacial score (nSPS) is 13.1. The maximum atomic E-state index is 11.5. The van der Waals surface area contributed by atoms with Gasteiger partial charge in [-0.05, 0) is 12.8 Å². The summed E-state index contributed by atoms with van der Waals surface area (Å²) >= 11 is 0. The van der Waals surface area contributed by atoms with Crippen molar-refractivity contribution in [3.8, 4) is 0 Å². The van der Waals surface area contributed by atoms with Gasteiger partial charge in [-0.25, -0.2) is 0 Å². The highest BCUT2D eigenvalue weighted by Gasteiger charge is 2.17. The van der Waals surface area contributed by atoms with Gasteiger partial charge in [-0.3, -0.25) is 4.79 Å². The molecule has 0 rings (SSSR count). The summed E-state index contributed by atoms with van der Waals surface area (Å²) in [4.78, 5) is 11.5. The van der Waals surface area contributed by atoms with E-state index in [0.717, 1.165) is 12.8 Å². The van der Waals surface area contributed by atoms with Crippen molar-refractivity contribution in [1.29, 1.82) is 0 Å². The van der Waals surface area contributed by atoms with Crippen molar-refractivity contribution in [1.82, 2.24) is 5.32 Å². The number of amides is 1. The van der Waals surface area contributed by atoms with Gasteiger partial charge in [0.1, 0.15) is 0 Å². The van der Waals surface area contributed by atoms with E-state index in [-0.39, 0.29) is 12.5 Å². The fraction of sp³-hybridized carbons (Fsp3) is 0.927. The molecule has 0 saturated carbocycles. The molecule has 3 N–H and O–H groups in total. The second-order valence-electron chi connectivity index (χ2n) is 14.0. The van der Waals surface area contributed by atoms with E-state index in [4.69, 9.17) is 0 Å². The molecule has 0 heterocycles. The van der Waals surface area contributed by atoms with E-state index in [1.165, 1.54) is 193 Å². The van der Waals surface area contributed by atoms with Crippen LogP contribution >= 0.6 is 0 Å². The van der Waals surface area contributed by atoms with E-state index in [1.807, 2.05) is 6.08 Å². The van der Waals surface area contributed by atoms with Crippen LogP contribution in [0.25, 0.3) is 0 Å². The minimum atomic E-state index is -0.830. The van der Waals surface area contributed by atoms with Crippen molar-refractivity contribution in [2.45, 2.75) is 238 Å². The average molecular weight is 636 g/mol. The molecule has 4 nitrogen and oxygen atoms in total. The Morgan fingerprint density at radius 2 is 0.800 bits per heavy atom. The van der Waals surface area contributed by atoms with Crippen molar-refractivity contribution in [3.05, 3.63) is 12.2 Å². The lowest BCUT2D eigenvalue weighted by molar-refractivity contribution is -0.122. The molecule has 2 unspecified atom stereocenters. The molecular formula is C41H81NO3. The molecule has 0 fully saturated rings. The van der Waals surface area contributed by atoms with Gasteiger partial charge in [-0.2, -0.15) is 0 Å². The van der Waals surface area contributed by atoms with Crippen LogP contribution in [-0.2, 0) is 4.79 Å². The quantitative estimate of drug-likeness (QED) is 0.0470. The van der Waals surface area contributed by atoms with Crippen molar-refractivity contribution < 1.29 is 15.0 Å². The molecule has 4 heteroatoms. The molecule has 0 spiro atoms. The highest BCUT2D eigenvalue weighted by Crippen LogP contribution is 2.17. The van der Waals surface area contributed by atoms with E-state index >= 15 is 0 Å².